The molecule has 1 N–H and O–H groups in total. The van der Waals surface area contributed by atoms with Crippen molar-refractivity contribution < 1.29 is 14.3 Å². The number of methoxy groups -OCH3 is 1. The van der Waals surface area contributed by atoms with Crippen LogP contribution in [0.5, 0.6) is 11.5 Å². The molecule has 0 spiro atoms. The summed E-state index contributed by atoms with van der Waals surface area (Å²) in [4.78, 5) is 14.0. The molecule has 1 aliphatic rings. The molecule has 178 valence electrons. The molecule has 0 aliphatic heterocycles. The van der Waals surface area contributed by atoms with Crippen LogP contribution in [0.4, 0.5) is 5.00 Å². The number of aryl methyl sites for hydroxylation is 1. The predicted octanol–water partition coefficient (Wildman–Crippen LogP) is 5.50. The van der Waals surface area contributed by atoms with E-state index in [1.54, 1.807) is 30.3 Å². The number of ether oxygens (including phenoxy) is 2. The van der Waals surface area contributed by atoms with Crippen LogP contribution in [0.3, 0.4) is 0 Å². The fourth-order valence-electron chi connectivity index (χ4n) is 4.06. The molecule has 4 rings (SSSR count). The Morgan fingerprint density at radius 1 is 1.08 bits per heavy atom. The number of nitrogens with zero attached hydrogens (tertiary/aromatic N) is 3. The summed E-state index contributed by atoms with van der Waals surface area (Å²) in [6.45, 7) is 0.188. The van der Waals surface area contributed by atoms with Gasteiger partial charge < -0.3 is 14.8 Å². The first kappa shape index (κ1) is 24.5. The number of rotatable bonds is 7. The van der Waals surface area contributed by atoms with Crippen molar-refractivity contribution in [1.29, 1.82) is 15.8 Å². The summed E-state index contributed by atoms with van der Waals surface area (Å²) in [6, 6.07) is 18.5. The molecule has 8 heteroatoms. The molecular weight excluding hydrogens is 472 g/mol. The number of fused-ring (bicyclic) bond motifs is 1. The lowest BCUT2D eigenvalue weighted by atomic mass is 9.96. The summed E-state index contributed by atoms with van der Waals surface area (Å²) in [7, 11) is 1.50. The van der Waals surface area contributed by atoms with Crippen molar-refractivity contribution in [3.8, 4) is 29.7 Å². The second-order valence-electron chi connectivity index (χ2n) is 8.12. The quantitative estimate of drug-likeness (QED) is 0.342. The van der Waals surface area contributed by atoms with Gasteiger partial charge >= 0.3 is 0 Å². The Kier molecular flexibility index (Phi) is 7.66. The Hall–Kier alpha value is -4.58. The zero-order valence-electron chi connectivity index (χ0n) is 19.6. The number of hydrogen-bond acceptors (Lipinski definition) is 7. The maximum absolute atomic E-state index is 12.9. The first-order valence-corrected chi connectivity index (χ1v) is 12.2. The molecule has 1 aromatic heterocycles. The van der Waals surface area contributed by atoms with Gasteiger partial charge in [0, 0.05) is 10.4 Å². The van der Waals surface area contributed by atoms with E-state index >= 15 is 0 Å². The molecular formula is C28H22N4O3S. The van der Waals surface area contributed by atoms with Crippen LogP contribution in [0.2, 0.25) is 0 Å². The molecule has 0 saturated carbocycles. The molecule has 0 radical (unpaired) electrons. The lowest BCUT2D eigenvalue weighted by Crippen LogP contribution is -2.13. The summed E-state index contributed by atoms with van der Waals surface area (Å²) in [5.74, 6) is 0.321. The number of anilines is 1. The van der Waals surface area contributed by atoms with Crippen molar-refractivity contribution in [3.63, 3.8) is 0 Å². The molecule has 1 heterocycles. The second-order valence-corrected chi connectivity index (χ2v) is 9.22. The fourth-order valence-corrected chi connectivity index (χ4v) is 5.30. The lowest BCUT2D eigenvalue weighted by Gasteiger charge is -2.12. The van der Waals surface area contributed by atoms with Gasteiger partial charge in [0.15, 0.2) is 11.5 Å². The first-order chi connectivity index (χ1) is 17.6. The van der Waals surface area contributed by atoms with E-state index in [1.165, 1.54) is 24.5 Å². The highest BCUT2D eigenvalue weighted by atomic mass is 32.1. The van der Waals surface area contributed by atoms with Gasteiger partial charge in [-0.2, -0.15) is 15.8 Å². The van der Waals surface area contributed by atoms with Gasteiger partial charge in [-0.25, -0.2) is 0 Å². The zero-order chi connectivity index (χ0) is 25.5. The minimum Gasteiger partial charge on any atom is -0.493 e. The number of thiophene rings is 1. The van der Waals surface area contributed by atoms with Crippen LogP contribution in [-0.4, -0.2) is 13.0 Å². The van der Waals surface area contributed by atoms with Crippen LogP contribution < -0.4 is 14.8 Å². The van der Waals surface area contributed by atoms with E-state index in [9.17, 15) is 20.6 Å². The Morgan fingerprint density at radius 2 is 1.89 bits per heavy atom. The van der Waals surface area contributed by atoms with E-state index in [1.807, 2.05) is 18.2 Å². The number of nitriles is 3. The second kappa shape index (κ2) is 11.2. The van der Waals surface area contributed by atoms with Gasteiger partial charge in [-0.05, 0) is 61.1 Å². The molecule has 7 nitrogen and oxygen atoms in total. The molecule has 2 aromatic carbocycles. The average Bonchev–Trinajstić information content (AvgIpc) is 3.27. The van der Waals surface area contributed by atoms with Gasteiger partial charge in [0.25, 0.3) is 5.91 Å². The van der Waals surface area contributed by atoms with Crippen molar-refractivity contribution >= 4 is 28.3 Å². The number of nitrogens with one attached hydrogen (secondary N) is 1. The third-order valence-electron chi connectivity index (χ3n) is 5.89. The largest absolute Gasteiger partial charge is 0.493 e. The first-order valence-electron chi connectivity index (χ1n) is 11.3. The van der Waals surface area contributed by atoms with Crippen LogP contribution in [0.1, 0.15) is 45.5 Å². The highest BCUT2D eigenvalue weighted by Crippen LogP contribution is 2.38. The molecule has 0 saturated heterocycles. The molecule has 0 fully saturated rings. The van der Waals surface area contributed by atoms with Gasteiger partial charge in [0.1, 0.15) is 29.3 Å². The van der Waals surface area contributed by atoms with Gasteiger partial charge in [-0.15, -0.1) is 11.3 Å². The number of hydrogen-bond donors (Lipinski definition) is 1. The monoisotopic (exact) mass is 494 g/mol. The summed E-state index contributed by atoms with van der Waals surface area (Å²) >= 11 is 1.42. The lowest BCUT2D eigenvalue weighted by molar-refractivity contribution is -0.112. The third-order valence-corrected chi connectivity index (χ3v) is 7.10. The van der Waals surface area contributed by atoms with Crippen molar-refractivity contribution in [2.75, 3.05) is 12.4 Å². The molecule has 1 amide bonds. The van der Waals surface area contributed by atoms with Crippen molar-refractivity contribution in [2.45, 2.75) is 32.3 Å². The standard InChI is InChI=1S/C28H22N4O3S/c1-34-25-13-18(10-11-24(25)35-17-20-7-3-2-6-19(20)14-29)12-21(15-30)27(33)32-28-23(16-31)22-8-4-5-9-26(22)36-28/h2-3,6-7,10-13H,4-5,8-9,17H2,1H3,(H,32,33)/b21-12+. The highest BCUT2D eigenvalue weighted by Gasteiger charge is 2.22. The summed E-state index contributed by atoms with van der Waals surface area (Å²) < 4.78 is 11.3. The van der Waals surface area contributed by atoms with Crippen LogP contribution in [0.25, 0.3) is 6.08 Å². The maximum Gasteiger partial charge on any atom is 0.266 e. The van der Waals surface area contributed by atoms with E-state index in [0.29, 0.717) is 33.2 Å². The molecule has 0 unspecified atom stereocenters. The van der Waals surface area contributed by atoms with Gasteiger partial charge in [0.05, 0.1) is 24.3 Å². The molecule has 0 atom stereocenters. The predicted molar refractivity (Wildman–Crippen MR) is 136 cm³/mol. The van der Waals surface area contributed by atoms with Crippen LogP contribution in [-0.2, 0) is 24.2 Å². The van der Waals surface area contributed by atoms with Crippen molar-refractivity contribution in [1.82, 2.24) is 0 Å². The SMILES string of the molecule is COc1cc(/C=C(\C#N)C(=O)Nc2sc3c(c2C#N)CCCC3)ccc1OCc1ccccc1C#N. The molecule has 3 aromatic rings. The smallest absolute Gasteiger partial charge is 0.266 e. The number of amides is 1. The molecule has 36 heavy (non-hydrogen) atoms. The summed E-state index contributed by atoms with van der Waals surface area (Å²) in [5, 5.41) is 31.8. The maximum atomic E-state index is 12.9. The van der Waals surface area contributed by atoms with Crippen LogP contribution in [0.15, 0.2) is 48.0 Å². The molecule has 0 bridgehead atoms. The van der Waals surface area contributed by atoms with Crippen molar-refractivity contribution in [2.24, 2.45) is 0 Å². The Balaban J connectivity index is 1.52. The Labute approximate surface area is 213 Å². The number of carbonyl (C=O) groups is 1. The minimum atomic E-state index is -0.569. The van der Waals surface area contributed by atoms with E-state index in [-0.39, 0.29) is 12.2 Å². The van der Waals surface area contributed by atoms with E-state index in [4.69, 9.17) is 9.47 Å². The third kappa shape index (κ3) is 5.23. The van der Waals surface area contributed by atoms with E-state index in [2.05, 4.69) is 17.5 Å². The van der Waals surface area contributed by atoms with Gasteiger partial charge in [0.2, 0.25) is 0 Å². The Morgan fingerprint density at radius 3 is 2.64 bits per heavy atom. The highest BCUT2D eigenvalue weighted by molar-refractivity contribution is 7.16. The van der Waals surface area contributed by atoms with E-state index in [0.717, 1.165) is 41.7 Å². The number of carbonyl (C=O) groups excluding carboxylic acids is 1. The van der Waals surface area contributed by atoms with Crippen molar-refractivity contribution in [3.05, 3.63) is 80.7 Å². The minimum absolute atomic E-state index is 0.0936. The molecule has 1 aliphatic carbocycles. The zero-order valence-corrected chi connectivity index (χ0v) is 20.4. The average molecular weight is 495 g/mol. The summed E-state index contributed by atoms with van der Waals surface area (Å²) in [5.41, 5.74) is 3.29. The number of benzene rings is 2. The van der Waals surface area contributed by atoms with E-state index < -0.39 is 5.91 Å². The normalized spacial score (nSPS) is 12.4. The van der Waals surface area contributed by atoms with Crippen LogP contribution >= 0.6 is 11.3 Å². The topological polar surface area (TPSA) is 119 Å². The summed E-state index contributed by atoms with van der Waals surface area (Å²) in [6.07, 6.45) is 5.30. The van der Waals surface area contributed by atoms with Gasteiger partial charge in [-0.3, -0.25) is 4.79 Å². The fraction of sp³-hybridized carbons (Fsp3) is 0.214. The van der Waals surface area contributed by atoms with Gasteiger partial charge in [-0.1, -0.05) is 24.3 Å². The Bertz CT molecular complexity index is 1470. The van der Waals surface area contributed by atoms with Crippen LogP contribution in [0, 0.1) is 34.0 Å².